The lowest BCUT2D eigenvalue weighted by molar-refractivity contribution is -0.112. The van der Waals surface area contributed by atoms with Crippen LogP contribution in [0.2, 0.25) is 0 Å². The monoisotopic (exact) mass is 324 g/mol. The van der Waals surface area contributed by atoms with Crippen LogP contribution in [0.25, 0.3) is 6.08 Å². The topological polar surface area (TPSA) is 62.1 Å². The third-order valence-electron chi connectivity index (χ3n) is 3.12. The SMILES string of the molecule is COc1cc(C=C(C#N)C(=O)Nc2ccccc2)ccc1SC. The van der Waals surface area contributed by atoms with E-state index in [1.165, 1.54) is 0 Å². The van der Waals surface area contributed by atoms with Crippen LogP contribution in [0.3, 0.4) is 0 Å². The van der Waals surface area contributed by atoms with Gasteiger partial charge in [-0.15, -0.1) is 11.8 Å². The number of benzene rings is 2. The number of carbonyl (C=O) groups is 1. The normalized spacial score (nSPS) is 10.7. The molecule has 116 valence electrons. The number of nitrogens with one attached hydrogen (secondary N) is 1. The Morgan fingerprint density at radius 2 is 2.00 bits per heavy atom. The highest BCUT2D eigenvalue weighted by molar-refractivity contribution is 7.98. The Morgan fingerprint density at radius 3 is 2.61 bits per heavy atom. The first-order valence-electron chi connectivity index (χ1n) is 6.88. The molecule has 2 aromatic rings. The zero-order chi connectivity index (χ0) is 16.7. The second-order valence-electron chi connectivity index (χ2n) is 4.60. The maximum absolute atomic E-state index is 12.2. The number of hydrogen-bond acceptors (Lipinski definition) is 4. The van der Waals surface area contributed by atoms with Crippen molar-refractivity contribution in [2.75, 3.05) is 18.7 Å². The molecule has 1 N–H and O–H groups in total. The molecule has 0 aliphatic carbocycles. The van der Waals surface area contributed by atoms with Crippen LogP contribution in [0.1, 0.15) is 5.56 Å². The summed E-state index contributed by atoms with van der Waals surface area (Å²) in [6.45, 7) is 0. The highest BCUT2D eigenvalue weighted by Gasteiger charge is 2.10. The van der Waals surface area contributed by atoms with Crippen LogP contribution < -0.4 is 10.1 Å². The van der Waals surface area contributed by atoms with Gasteiger partial charge in [0, 0.05) is 10.6 Å². The zero-order valence-corrected chi connectivity index (χ0v) is 13.7. The summed E-state index contributed by atoms with van der Waals surface area (Å²) < 4.78 is 5.31. The van der Waals surface area contributed by atoms with E-state index in [4.69, 9.17) is 4.74 Å². The highest BCUT2D eigenvalue weighted by atomic mass is 32.2. The van der Waals surface area contributed by atoms with Gasteiger partial charge >= 0.3 is 0 Å². The van der Waals surface area contributed by atoms with E-state index < -0.39 is 5.91 Å². The fraction of sp³-hybridized carbons (Fsp3) is 0.111. The average Bonchev–Trinajstić information content (AvgIpc) is 2.60. The number of nitriles is 1. The molecule has 0 aliphatic rings. The van der Waals surface area contributed by atoms with Gasteiger partial charge in [-0.1, -0.05) is 24.3 Å². The molecule has 0 saturated carbocycles. The number of nitrogens with zero attached hydrogens (tertiary/aromatic N) is 1. The number of ether oxygens (including phenoxy) is 1. The summed E-state index contributed by atoms with van der Waals surface area (Å²) >= 11 is 1.57. The molecule has 0 aliphatic heterocycles. The first-order valence-corrected chi connectivity index (χ1v) is 8.10. The molecule has 5 heteroatoms. The lowest BCUT2D eigenvalue weighted by Gasteiger charge is -2.07. The van der Waals surface area contributed by atoms with E-state index in [-0.39, 0.29) is 5.57 Å². The molecule has 4 nitrogen and oxygen atoms in total. The lowest BCUT2D eigenvalue weighted by atomic mass is 10.1. The molecule has 0 saturated heterocycles. The third kappa shape index (κ3) is 4.38. The number of amides is 1. The van der Waals surface area contributed by atoms with E-state index in [2.05, 4.69) is 5.32 Å². The van der Waals surface area contributed by atoms with Crippen LogP contribution in [0.5, 0.6) is 5.75 Å². The number of carbonyl (C=O) groups excluding carboxylic acids is 1. The molecule has 1 amide bonds. The van der Waals surface area contributed by atoms with Gasteiger partial charge in [0.2, 0.25) is 0 Å². The smallest absolute Gasteiger partial charge is 0.266 e. The molecule has 0 bridgehead atoms. The second-order valence-corrected chi connectivity index (χ2v) is 5.45. The van der Waals surface area contributed by atoms with E-state index in [0.717, 1.165) is 10.5 Å². The first-order chi connectivity index (χ1) is 11.2. The molecule has 0 atom stereocenters. The number of hydrogen-bond donors (Lipinski definition) is 1. The van der Waals surface area contributed by atoms with Crippen molar-refractivity contribution in [3.05, 3.63) is 59.7 Å². The maximum atomic E-state index is 12.2. The number of anilines is 1. The van der Waals surface area contributed by atoms with E-state index in [9.17, 15) is 10.1 Å². The molecule has 0 aromatic heterocycles. The number of methoxy groups -OCH3 is 1. The summed E-state index contributed by atoms with van der Waals surface area (Å²) in [7, 11) is 1.59. The molecule has 0 fully saturated rings. The van der Waals surface area contributed by atoms with Crippen molar-refractivity contribution in [1.82, 2.24) is 0 Å². The van der Waals surface area contributed by atoms with Crippen molar-refractivity contribution >= 4 is 29.4 Å². The molecule has 0 radical (unpaired) electrons. The van der Waals surface area contributed by atoms with Crippen molar-refractivity contribution in [2.24, 2.45) is 0 Å². The summed E-state index contributed by atoms with van der Waals surface area (Å²) in [6, 6.07) is 16.5. The van der Waals surface area contributed by atoms with E-state index in [1.54, 1.807) is 43.1 Å². The van der Waals surface area contributed by atoms with Crippen LogP contribution in [-0.2, 0) is 4.79 Å². The van der Waals surface area contributed by atoms with Gasteiger partial charge in [-0.25, -0.2) is 0 Å². The number of rotatable bonds is 5. The van der Waals surface area contributed by atoms with E-state index in [1.807, 2.05) is 42.7 Å². The Bertz CT molecular complexity index is 764. The van der Waals surface area contributed by atoms with E-state index >= 15 is 0 Å². The molecule has 0 heterocycles. The lowest BCUT2D eigenvalue weighted by Crippen LogP contribution is -2.13. The average molecular weight is 324 g/mol. The largest absolute Gasteiger partial charge is 0.496 e. The van der Waals surface area contributed by atoms with Gasteiger partial charge in [-0.05, 0) is 42.2 Å². The van der Waals surface area contributed by atoms with Gasteiger partial charge in [0.05, 0.1) is 7.11 Å². The van der Waals surface area contributed by atoms with Gasteiger partial charge in [0.25, 0.3) is 5.91 Å². The Labute approximate surface area is 139 Å². The van der Waals surface area contributed by atoms with Crippen molar-refractivity contribution in [2.45, 2.75) is 4.90 Å². The summed E-state index contributed by atoms with van der Waals surface area (Å²) in [5.74, 6) is 0.276. The van der Waals surface area contributed by atoms with Gasteiger partial charge < -0.3 is 10.1 Å². The van der Waals surface area contributed by atoms with Crippen LogP contribution in [0.4, 0.5) is 5.69 Å². The molecule has 2 rings (SSSR count). The predicted molar refractivity (Wildman–Crippen MR) is 93.4 cm³/mol. The molecule has 2 aromatic carbocycles. The molecule has 0 spiro atoms. The molecule has 0 unspecified atom stereocenters. The summed E-state index contributed by atoms with van der Waals surface area (Å²) in [5, 5.41) is 11.9. The highest BCUT2D eigenvalue weighted by Crippen LogP contribution is 2.29. The third-order valence-corrected chi connectivity index (χ3v) is 3.89. The Balaban J connectivity index is 2.25. The van der Waals surface area contributed by atoms with Crippen molar-refractivity contribution in [3.8, 4) is 11.8 Å². The van der Waals surface area contributed by atoms with Crippen LogP contribution in [-0.4, -0.2) is 19.3 Å². The van der Waals surface area contributed by atoms with Crippen molar-refractivity contribution < 1.29 is 9.53 Å². The van der Waals surface area contributed by atoms with Gasteiger partial charge in [-0.3, -0.25) is 4.79 Å². The van der Waals surface area contributed by atoms with Crippen molar-refractivity contribution in [3.63, 3.8) is 0 Å². The van der Waals surface area contributed by atoms with Crippen LogP contribution in [0.15, 0.2) is 59.0 Å². The molecular weight excluding hydrogens is 308 g/mol. The van der Waals surface area contributed by atoms with Crippen molar-refractivity contribution in [1.29, 1.82) is 5.26 Å². The van der Waals surface area contributed by atoms with Crippen LogP contribution in [0, 0.1) is 11.3 Å². The summed E-state index contributed by atoms with van der Waals surface area (Å²) in [6.07, 6.45) is 3.51. The molecule has 23 heavy (non-hydrogen) atoms. The van der Waals surface area contributed by atoms with Gasteiger partial charge in [0.15, 0.2) is 0 Å². The second kappa shape index (κ2) is 8.06. The van der Waals surface area contributed by atoms with Gasteiger partial charge in [-0.2, -0.15) is 5.26 Å². The fourth-order valence-electron chi connectivity index (χ4n) is 1.98. The Morgan fingerprint density at radius 1 is 1.26 bits per heavy atom. The van der Waals surface area contributed by atoms with Crippen LogP contribution >= 0.6 is 11.8 Å². The minimum Gasteiger partial charge on any atom is -0.496 e. The minimum absolute atomic E-state index is 0.0350. The number of thioether (sulfide) groups is 1. The summed E-state index contributed by atoms with van der Waals surface area (Å²) in [5.41, 5.74) is 1.42. The maximum Gasteiger partial charge on any atom is 0.266 e. The number of para-hydroxylation sites is 1. The standard InChI is InChI=1S/C18H16N2O2S/c1-22-16-11-13(8-9-17(16)23-2)10-14(12-19)18(21)20-15-6-4-3-5-7-15/h3-11H,1-2H3,(H,20,21). The Hall–Kier alpha value is -2.71. The first kappa shape index (κ1) is 16.7. The zero-order valence-electron chi connectivity index (χ0n) is 12.9. The molecular formula is C18H16N2O2S. The predicted octanol–water partition coefficient (Wildman–Crippen LogP) is 3.96. The van der Waals surface area contributed by atoms with Gasteiger partial charge in [0.1, 0.15) is 17.4 Å². The fourth-order valence-corrected chi connectivity index (χ4v) is 2.53. The summed E-state index contributed by atoms with van der Waals surface area (Å²) in [4.78, 5) is 13.2. The Kier molecular flexibility index (Phi) is 5.84. The van der Waals surface area contributed by atoms with E-state index in [0.29, 0.717) is 11.4 Å². The quantitative estimate of drug-likeness (QED) is 0.514. The minimum atomic E-state index is -0.438.